The number of hydrazine groups is 1. The summed E-state index contributed by atoms with van der Waals surface area (Å²) in [6, 6.07) is 12.6. The number of aromatic nitrogens is 1. The van der Waals surface area contributed by atoms with Gasteiger partial charge in [-0.25, -0.2) is 5.43 Å². The second-order valence-corrected chi connectivity index (χ2v) is 5.32. The minimum absolute atomic E-state index is 0.0626. The van der Waals surface area contributed by atoms with Crippen LogP contribution in [0.5, 0.6) is 0 Å². The lowest BCUT2D eigenvalue weighted by Crippen LogP contribution is -2.30. The molecule has 0 aliphatic carbocycles. The molecule has 0 saturated carbocycles. The Labute approximate surface area is 121 Å². The van der Waals surface area contributed by atoms with Gasteiger partial charge >= 0.3 is 0 Å². The highest BCUT2D eigenvalue weighted by molar-refractivity contribution is 5.34. The molecule has 106 valence electrons. The van der Waals surface area contributed by atoms with Gasteiger partial charge in [0.25, 0.3) is 0 Å². The van der Waals surface area contributed by atoms with Crippen LogP contribution >= 0.6 is 0 Å². The first kappa shape index (κ1) is 14.7. The van der Waals surface area contributed by atoms with Crippen LogP contribution in [-0.4, -0.2) is 4.98 Å². The largest absolute Gasteiger partial charge is 0.271 e. The van der Waals surface area contributed by atoms with Crippen molar-refractivity contribution >= 4 is 0 Å². The predicted molar refractivity (Wildman–Crippen MR) is 83.3 cm³/mol. The maximum absolute atomic E-state index is 5.77. The molecule has 2 aromatic rings. The van der Waals surface area contributed by atoms with Gasteiger partial charge in [-0.1, -0.05) is 51.1 Å². The molecular weight excluding hydrogens is 246 g/mol. The lowest BCUT2D eigenvalue weighted by atomic mass is 9.95. The van der Waals surface area contributed by atoms with Gasteiger partial charge in [0.2, 0.25) is 0 Å². The van der Waals surface area contributed by atoms with Gasteiger partial charge in [0, 0.05) is 6.20 Å². The van der Waals surface area contributed by atoms with E-state index in [1.54, 1.807) is 0 Å². The summed E-state index contributed by atoms with van der Waals surface area (Å²) in [6.07, 6.45) is 2.77. The standard InChI is InChI=1S/C17H23N3/c1-4-13-6-5-11-19-16(13)17(20-18)15-9-7-14(8-10-15)12(2)3/h5-12,17,20H,4,18H2,1-3H3. The van der Waals surface area contributed by atoms with E-state index in [9.17, 15) is 0 Å². The third kappa shape index (κ3) is 3.06. The Kier molecular flexibility index (Phi) is 4.88. The Bertz CT molecular complexity index is 546. The van der Waals surface area contributed by atoms with Crippen molar-refractivity contribution in [2.24, 2.45) is 5.84 Å². The van der Waals surface area contributed by atoms with E-state index < -0.39 is 0 Å². The topological polar surface area (TPSA) is 50.9 Å². The summed E-state index contributed by atoms with van der Waals surface area (Å²) in [7, 11) is 0. The fraction of sp³-hybridized carbons (Fsp3) is 0.353. The predicted octanol–water partition coefficient (Wildman–Crippen LogP) is 3.32. The average Bonchev–Trinajstić information content (AvgIpc) is 2.49. The summed E-state index contributed by atoms with van der Waals surface area (Å²) in [5.41, 5.74) is 7.61. The van der Waals surface area contributed by atoms with Crippen molar-refractivity contribution in [3.63, 3.8) is 0 Å². The molecule has 0 saturated heterocycles. The van der Waals surface area contributed by atoms with Gasteiger partial charge < -0.3 is 0 Å². The van der Waals surface area contributed by atoms with Gasteiger partial charge in [0.15, 0.2) is 0 Å². The van der Waals surface area contributed by atoms with Crippen LogP contribution in [-0.2, 0) is 6.42 Å². The molecule has 0 aliphatic heterocycles. The summed E-state index contributed by atoms with van der Waals surface area (Å²) in [4.78, 5) is 4.51. The summed E-state index contributed by atoms with van der Waals surface area (Å²) in [5, 5.41) is 0. The van der Waals surface area contributed by atoms with E-state index in [4.69, 9.17) is 5.84 Å². The fourth-order valence-electron chi connectivity index (χ4n) is 2.42. The Hall–Kier alpha value is -1.71. The van der Waals surface area contributed by atoms with Crippen molar-refractivity contribution in [3.05, 3.63) is 65.0 Å². The Balaban J connectivity index is 2.36. The highest BCUT2D eigenvalue weighted by atomic mass is 15.2. The third-order valence-corrected chi connectivity index (χ3v) is 3.68. The fourth-order valence-corrected chi connectivity index (χ4v) is 2.42. The van der Waals surface area contributed by atoms with E-state index in [-0.39, 0.29) is 6.04 Å². The monoisotopic (exact) mass is 269 g/mol. The van der Waals surface area contributed by atoms with Gasteiger partial charge in [0.1, 0.15) is 0 Å². The Morgan fingerprint density at radius 2 is 1.75 bits per heavy atom. The highest BCUT2D eigenvalue weighted by Crippen LogP contribution is 2.24. The first-order valence-corrected chi connectivity index (χ1v) is 7.17. The number of pyridine rings is 1. The lowest BCUT2D eigenvalue weighted by molar-refractivity contribution is 0.614. The smallest absolute Gasteiger partial charge is 0.0884 e. The first-order chi connectivity index (χ1) is 9.67. The van der Waals surface area contributed by atoms with E-state index in [0.717, 1.165) is 17.7 Å². The van der Waals surface area contributed by atoms with Gasteiger partial charge in [-0.3, -0.25) is 10.8 Å². The third-order valence-electron chi connectivity index (χ3n) is 3.68. The Morgan fingerprint density at radius 1 is 1.10 bits per heavy atom. The summed E-state index contributed by atoms with van der Waals surface area (Å²) < 4.78 is 0. The van der Waals surface area contributed by atoms with Gasteiger partial charge in [-0.15, -0.1) is 0 Å². The quantitative estimate of drug-likeness (QED) is 0.646. The van der Waals surface area contributed by atoms with Crippen molar-refractivity contribution in [1.82, 2.24) is 10.4 Å². The molecule has 3 nitrogen and oxygen atoms in total. The number of hydrogen-bond acceptors (Lipinski definition) is 3. The zero-order valence-corrected chi connectivity index (χ0v) is 12.4. The number of benzene rings is 1. The van der Waals surface area contributed by atoms with Crippen molar-refractivity contribution in [3.8, 4) is 0 Å². The van der Waals surface area contributed by atoms with Crippen LogP contribution in [0.1, 0.15) is 55.1 Å². The highest BCUT2D eigenvalue weighted by Gasteiger charge is 2.16. The van der Waals surface area contributed by atoms with Crippen LogP contribution in [0.25, 0.3) is 0 Å². The van der Waals surface area contributed by atoms with Crippen LogP contribution in [0.3, 0.4) is 0 Å². The second kappa shape index (κ2) is 6.64. The zero-order chi connectivity index (χ0) is 14.5. The molecule has 1 atom stereocenters. The van der Waals surface area contributed by atoms with Crippen LogP contribution in [0.15, 0.2) is 42.6 Å². The van der Waals surface area contributed by atoms with Crippen molar-refractivity contribution in [2.75, 3.05) is 0 Å². The minimum atomic E-state index is -0.0626. The summed E-state index contributed by atoms with van der Waals surface area (Å²) in [6.45, 7) is 6.53. The van der Waals surface area contributed by atoms with Gasteiger partial charge in [-0.2, -0.15) is 0 Å². The molecule has 1 heterocycles. The molecule has 1 unspecified atom stereocenters. The molecular formula is C17H23N3. The molecule has 3 heteroatoms. The maximum Gasteiger partial charge on any atom is 0.0884 e. The van der Waals surface area contributed by atoms with Crippen molar-refractivity contribution in [2.45, 2.75) is 39.2 Å². The molecule has 2 rings (SSSR count). The van der Waals surface area contributed by atoms with Crippen LogP contribution in [0.4, 0.5) is 0 Å². The molecule has 0 bridgehead atoms. The molecule has 0 fully saturated rings. The van der Waals surface area contributed by atoms with Crippen molar-refractivity contribution in [1.29, 1.82) is 0 Å². The molecule has 20 heavy (non-hydrogen) atoms. The molecule has 0 aliphatic rings. The molecule has 1 aromatic heterocycles. The zero-order valence-electron chi connectivity index (χ0n) is 12.4. The summed E-state index contributed by atoms with van der Waals surface area (Å²) in [5.74, 6) is 6.30. The van der Waals surface area contributed by atoms with Crippen LogP contribution in [0, 0.1) is 0 Å². The van der Waals surface area contributed by atoms with Gasteiger partial charge in [0.05, 0.1) is 11.7 Å². The number of nitrogens with two attached hydrogens (primary N) is 1. The first-order valence-electron chi connectivity index (χ1n) is 7.17. The van der Waals surface area contributed by atoms with E-state index in [2.05, 4.69) is 61.5 Å². The number of rotatable bonds is 5. The van der Waals surface area contributed by atoms with E-state index >= 15 is 0 Å². The second-order valence-electron chi connectivity index (χ2n) is 5.32. The lowest BCUT2D eigenvalue weighted by Gasteiger charge is -2.19. The van der Waals surface area contributed by atoms with E-state index in [1.165, 1.54) is 11.1 Å². The molecule has 1 aromatic carbocycles. The minimum Gasteiger partial charge on any atom is -0.271 e. The molecule has 0 radical (unpaired) electrons. The van der Waals surface area contributed by atoms with Gasteiger partial charge in [-0.05, 0) is 35.1 Å². The SMILES string of the molecule is CCc1cccnc1C(NN)c1ccc(C(C)C)cc1. The van der Waals surface area contributed by atoms with E-state index in [0.29, 0.717) is 5.92 Å². The van der Waals surface area contributed by atoms with E-state index in [1.807, 2.05) is 12.3 Å². The summed E-state index contributed by atoms with van der Waals surface area (Å²) >= 11 is 0. The Morgan fingerprint density at radius 3 is 2.30 bits per heavy atom. The average molecular weight is 269 g/mol. The maximum atomic E-state index is 5.77. The molecule has 3 N–H and O–H groups in total. The van der Waals surface area contributed by atoms with Crippen LogP contribution < -0.4 is 11.3 Å². The molecule has 0 spiro atoms. The number of hydrogen-bond donors (Lipinski definition) is 2. The normalized spacial score (nSPS) is 12.7. The van der Waals surface area contributed by atoms with Crippen molar-refractivity contribution < 1.29 is 0 Å². The number of aryl methyl sites for hydroxylation is 1. The molecule has 0 amide bonds. The number of nitrogens with one attached hydrogen (secondary N) is 1. The number of nitrogens with zero attached hydrogens (tertiary/aromatic N) is 1. The van der Waals surface area contributed by atoms with Crippen LogP contribution in [0.2, 0.25) is 0 Å².